The maximum absolute atomic E-state index is 13.6. The molecule has 0 spiro atoms. The van der Waals surface area contributed by atoms with Gasteiger partial charge in [-0.15, -0.1) is 0 Å². The summed E-state index contributed by atoms with van der Waals surface area (Å²) in [5.41, 5.74) is 0. The van der Waals surface area contributed by atoms with Gasteiger partial charge in [-0.05, 0) is 115 Å². The molecule has 0 bridgehead atoms. The van der Waals surface area contributed by atoms with Crippen LogP contribution in [0.3, 0.4) is 0 Å². The van der Waals surface area contributed by atoms with Crippen LogP contribution >= 0.6 is 7.82 Å². The molecule has 0 aromatic carbocycles. The number of rotatable bonds is 58. The maximum Gasteiger partial charge on any atom is 0.472 e. The van der Waals surface area contributed by atoms with Crippen molar-refractivity contribution in [1.29, 1.82) is 0 Å². The monoisotopic (exact) mass is 1120 g/mol. The molecule has 0 heterocycles. The summed E-state index contributed by atoms with van der Waals surface area (Å²) in [5.74, 6) is -0.541. The number of nitrogens with zero attached hydrogens (tertiary/aromatic N) is 1. The van der Waals surface area contributed by atoms with E-state index in [9.17, 15) is 19.0 Å². The lowest BCUT2D eigenvalue weighted by molar-refractivity contribution is -0.870. The van der Waals surface area contributed by atoms with Crippen molar-refractivity contribution in [1.82, 2.24) is 5.32 Å². The van der Waals surface area contributed by atoms with Gasteiger partial charge >= 0.3 is 13.8 Å². The Labute approximate surface area is 488 Å². The van der Waals surface area contributed by atoms with Gasteiger partial charge < -0.3 is 19.4 Å². The van der Waals surface area contributed by atoms with Crippen molar-refractivity contribution < 1.29 is 37.3 Å². The van der Waals surface area contributed by atoms with Gasteiger partial charge in [0, 0.05) is 12.8 Å². The van der Waals surface area contributed by atoms with Crippen molar-refractivity contribution in [3.63, 3.8) is 0 Å². The zero-order valence-electron chi connectivity index (χ0n) is 52.1. The number of likely N-dealkylation sites (N-methyl/N-ethyl adjacent to an activating group) is 1. The Morgan fingerprint density at radius 3 is 1.18 bits per heavy atom. The molecule has 2 N–H and O–H groups in total. The van der Waals surface area contributed by atoms with Gasteiger partial charge in [-0.3, -0.25) is 18.6 Å². The molecule has 79 heavy (non-hydrogen) atoms. The minimum Gasteiger partial charge on any atom is -0.456 e. The van der Waals surface area contributed by atoms with Crippen LogP contribution in [0.2, 0.25) is 0 Å². The standard InChI is InChI=1S/C69H123N2O7P/c1-7-10-13-16-19-22-25-28-30-32-34-35-37-39-41-44-47-50-53-56-59-62-69(73)78-67(60-57-54-51-48-45-42-27-24-21-18-15-12-9-3)66(65-77-79(74,75)76-64-63-71(4,5)6)70-68(72)61-58-55-52-49-46-43-40-38-36-33-31-29-26-23-20-17-14-11-8-2/h19-20,22-23,28-31,34-36,38-39,41,57,60,66-67H,7-18,21,24-27,32-33,37,40,42-56,58-59,61-65H2,1-6H3,(H-,70,72,74,75)/p+1/b22-19-,23-20-,30-28-,31-29-,35-34-,38-36-,41-39-,60-57+. The Hall–Kier alpha value is -3.07. The number of carbonyl (C=O) groups is 2. The molecule has 456 valence electrons. The Kier molecular flexibility index (Phi) is 55.9. The lowest BCUT2D eigenvalue weighted by Crippen LogP contribution is -2.47. The minimum atomic E-state index is -4.47. The molecule has 0 aliphatic carbocycles. The number of phosphoric acid groups is 1. The smallest absolute Gasteiger partial charge is 0.456 e. The molecular formula is C69H124N2O7P+. The number of nitrogens with one attached hydrogen (secondary N) is 1. The van der Waals surface area contributed by atoms with Gasteiger partial charge in [-0.25, -0.2) is 4.57 Å². The fraction of sp³-hybridized carbons (Fsp3) is 0.739. The van der Waals surface area contributed by atoms with E-state index >= 15 is 0 Å². The van der Waals surface area contributed by atoms with E-state index in [0.29, 0.717) is 23.9 Å². The van der Waals surface area contributed by atoms with Gasteiger partial charge in [0.1, 0.15) is 19.3 Å². The number of amides is 1. The van der Waals surface area contributed by atoms with E-state index in [1.165, 1.54) is 109 Å². The zero-order valence-corrected chi connectivity index (χ0v) is 53.0. The van der Waals surface area contributed by atoms with Gasteiger partial charge in [-0.2, -0.15) is 0 Å². The molecule has 10 heteroatoms. The zero-order chi connectivity index (χ0) is 57.9. The van der Waals surface area contributed by atoms with Crippen molar-refractivity contribution in [2.45, 2.75) is 290 Å². The highest BCUT2D eigenvalue weighted by Gasteiger charge is 2.30. The molecule has 0 aromatic heterocycles. The Balaban J connectivity index is 5.32. The molecule has 0 aromatic rings. The second-order valence-corrected chi connectivity index (χ2v) is 24.4. The Morgan fingerprint density at radius 2 is 0.772 bits per heavy atom. The number of carbonyl (C=O) groups excluding carboxylic acids is 2. The number of ether oxygens (including phenoxy) is 1. The molecule has 0 saturated carbocycles. The Morgan fingerprint density at radius 1 is 0.443 bits per heavy atom. The van der Waals surface area contributed by atoms with Gasteiger partial charge in [0.15, 0.2) is 0 Å². The maximum atomic E-state index is 13.6. The third-order valence-corrected chi connectivity index (χ3v) is 15.0. The molecule has 0 aliphatic heterocycles. The molecule has 0 fully saturated rings. The fourth-order valence-corrected chi connectivity index (χ4v) is 9.67. The first-order valence-electron chi connectivity index (χ1n) is 32.6. The quantitative estimate of drug-likeness (QED) is 0.0205. The third-order valence-electron chi connectivity index (χ3n) is 14.0. The average Bonchev–Trinajstić information content (AvgIpc) is 3.41. The highest BCUT2D eigenvalue weighted by atomic mass is 31.2. The van der Waals surface area contributed by atoms with E-state index in [4.69, 9.17) is 13.8 Å². The topological polar surface area (TPSA) is 111 Å². The summed E-state index contributed by atoms with van der Waals surface area (Å²) in [6.45, 7) is 6.94. The number of hydrogen-bond donors (Lipinski definition) is 2. The molecule has 0 radical (unpaired) electrons. The number of unbranched alkanes of at least 4 members (excludes halogenated alkanes) is 28. The van der Waals surface area contributed by atoms with Crippen LogP contribution in [-0.4, -0.2) is 74.3 Å². The number of esters is 1. The molecule has 0 saturated heterocycles. The first-order chi connectivity index (χ1) is 38.4. The molecule has 9 nitrogen and oxygen atoms in total. The number of phosphoric ester groups is 1. The summed E-state index contributed by atoms with van der Waals surface area (Å²) >= 11 is 0. The fourth-order valence-electron chi connectivity index (χ4n) is 8.93. The molecule has 3 atom stereocenters. The van der Waals surface area contributed by atoms with Crippen LogP contribution < -0.4 is 5.32 Å². The summed E-state index contributed by atoms with van der Waals surface area (Å²) in [6.07, 6.45) is 78.2. The van der Waals surface area contributed by atoms with Gasteiger partial charge in [0.05, 0.1) is 33.8 Å². The van der Waals surface area contributed by atoms with Gasteiger partial charge in [-0.1, -0.05) is 247 Å². The first kappa shape index (κ1) is 75.9. The minimum absolute atomic E-state index is 0.0298. The summed E-state index contributed by atoms with van der Waals surface area (Å²) in [5, 5.41) is 3.05. The van der Waals surface area contributed by atoms with Gasteiger partial charge in [0.2, 0.25) is 5.91 Å². The van der Waals surface area contributed by atoms with Crippen LogP contribution in [-0.2, 0) is 27.9 Å². The predicted octanol–water partition coefficient (Wildman–Crippen LogP) is 20.3. The van der Waals surface area contributed by atoms with Crippen molar-refractivity contribution in [2.75, 3.05) is 40.9 Å². The predicted molar refractivity (Wildman–Crippen MR) is 341 cm³/mol. The van der Waals surface area contributed by atoms with Crippen molar-refractivity contribution in [3.8, 4) is 0 Å². The van der Waals surface area contributed by atoms with E-state index in [-0.39, 0.29) is 31.5 Å². The molecule has 3 unspecified atom stereocenters. The van der Waals surface area contributed by atoms with E-state index in [2.05, 4.69) is 111 Å². The van der Waals surface area contributed by atoms with Crippen molar-refractivity contribution in [3.05, 3.63) is 97.2 Å². The number of hydrogen-bond acceptors (Lipinski definition) is 6. The van der Waals surface area contributed by atoms with Crippen LogP contribution in [0.25, 0.3) is 0 Å². The molecule has 0 rings (SSSR count). The lowest BCUT2D eigenvalue weighted by atomic mass is 10.0. The Bertz CT molecular complexity index is 1670. The third kappa shape index (κ3) is 59.4. The summed E-state index contributed by atoms with van der Waals surface area (Å²) in [7, 11) is 1.47. The van der Waals surface area contributed by atoms with Crippen LogP contribution in [0.5, 0.6) is 0 Å². The van der Waals surface area contributed by atoms with Crippen molar-refractivity contribution >= 4 is 19.7 Å². The average molecular weight is 1120 g/mol. The van der Waals surface area contributed by atoms with Crippen LogP contribution in [0.1, 0.15) is 278 Å². The van der Waals surface area contributed by atoms with E-state index in [0.717, 1.165) is 128 Å². The largest absolute Gasteiger partial charge is 0.472 e. The summed E-state index contributed by atoms with van der Waals surface area (Å²) in [4.78, 5) is 37.8. The highest BCUT2D eigenvalue weighted by molar-refractivity contribution is 7.47. The van der Waals surface area contributed by atoms with Crippen LogP contribution in [0.4, 0.5) is 0 Å². The summed E-state index contributed by atoms with van der Waals surface area (Å²) in [6, 6.07) is -0.869. The highest BCUT2D eigenvalue weighted by Crippen LogP contribution is 2.43. The molecular weight excluding hydrogens is 1000 g/mol. The van der Waals surface area contributed by atoms with E-state index < -0.39 is 20.0 Å². The van der Waals surface area contributed by atoms with Crippen LogP contribution in [0, 0.1) is 0 Å². The van der Waals surface area contributed by atoms with E-state index in [1.54, 1.807) is 0 Å². The number of allylic oxidation sites excluding steroid dienone is 15. The lowest BCUT2D eigenvalue weighted by Gasteiger charge is -2.27. The second kappa shape index (κ2) is 58.1. The van der Waals surface area contributed by atoms with Crippen molar-refractivity contribution in [2.24, 2.45) is 0 Å². The van der Waals surface area contributed by atoms with E-state index in [1.807, 2.05) is 33.3 Å². The first-order valence-corrected chi connectivity index (χ1v) is 34.1. The van der Waals surface area contributed by atoms with Crippen LogP contribution in [0.15, 0.2) is 97.2 Å². The number of quaternary nitrogens is 1. The molecule has 1 amide bonds. The normalized spacial score (nSPS) is 14.3. The van der Waals surface area contributed by atoms with Gasteiger partial charge in [0.25, 0.3) is 0 Å². The summed E-state index contributed by atoms with van der Waals surface area (Å²) < 4.78 is 30.7. The molecule has 0 aliphatic rings. The SMILES string of the molecule is CCCCC/C=C\C/C=C\C/C=C\C/C=C\CCCCCCCC(=O)OC(/C=C/CCCCCCCCCCCCC)C(COP(=O)(O)OCC[N+](C)(C)C)NC(=O)CCCCCCCC/C=C\C/C=C\C/C=C\CCCCC. The second-order valence-electron chi connectivity index (χ2n) is 22.9.